The van der Waals surface area contributed by atoms with Crippen LogP contribution in [0, 0.1) is 50.2 Å². The zero-order valence-corrected chi connectivity index (χ0v) is 21.9. The van der Waals surface area contributed by atoms with Crippen LogP contribution < -0.4 is 0 Å². The van der Waals surface area contributed by atoms with Crippen molar-refractivity contribution in [3.8, 4) is 0 Å². The predicted octanol–water partition coefficient (Wildman–Crippen LogP) is 7.35. The minimum Gasteiger partial charge on any atom is -0.396 e. The molecule has 0 heterocycles. The number of fused-ring (bicyclic) bond motifs is 7. The van der Waals surface area contributed by atoms with Gasteiger partial charge >= 0.3 is 0 Å². The van der Waals surface area contributed by atoms with Crippen molar-refractivity contribution in [3.63, 3.8) is 0 Å². The summed E-state index contributed by atoms with van der Waals surface area (Å²) >= 11 is 0. The molecule has 2 heteroatoms. The lowest BCUT2D eigenvalue weighted by Crippen LogP contribution is -2.63. The Balaban J connectivity index is 1.57. The Bertz CT molecular complexity index is 851. The Kier molecular flexibility index (Phi) is 4.87. The molecule has 0 aromatic heterocycles. The molecule has 180 valence electrons. The van der Waals surface area contributed by atoms with Gasteiger partial charge in [-0.05, 0) is 97.2 Å². The van der Waals surface area contributed by atoms with Crippen LogP contribution in [0.25, 0.3) is 0 Å². The van der Waals surface area contributed by atoms with Crippen LogP contribution in [0.4, 0.5) is 0 Å². The second-order valence-corrected chi connectivity index (χ2v) is 14.9. The Labute approximate surface area is 197 Å². The number of allylic oxidation sites excluding steroid dienone is 2. The average molecular weight is 441 g/mol. The highest BCUT2D eigenvalue weighted by molar-refractivity contribution is 5.85. The molecule has 2 nitrogen and oxygen atoms in total. The maximum absolute atomic E-state index is 12.9. The van der Waals surface area contributed by atoms with Gasteiger partial charge in [0.1, 0.15) is 5.78 Å². The molecule has 5 rings (SSSR count). The molecule has 0 aliphatic heterocycles. The SMILES string of the molecule is CC1(C)CC[C@]2(CO)CC=C3[C@]4(C)CC[C@@H]5C(C)(C)C(=O)CC[C@]5(C)[C@@H]4CC[C@@]3(C)[C@@H]2C1. The van der Waals surface area contributed by atoms with Gasteiger partial charge in [0.25, 0.3) is 0 Å². The van der Waals surface area contributed by atoms with E-state index in [1.165, 1.54) is 44.9 Å². The normalized spacial score (nSPS) is 51.6. The van der Waals surface area contributed by atoms with Gasteiger partial charge < -0.3 is 5.11 Å². The van der Waals surface area contributed by atoms with E-state index < -0.39 is 0 Å². The van der Waals surface area contributed by atoms with E-state index >= 15 is 0 Å². The summed E-state index contributed by atoms with van der Waals surface area (Å²) in [5.41, 5.74) is 2.79. The van der Waals surface area contributed by atoms with E-state index in [0.717, 1.165) is 19.3 Å². The van der Waals surface area contributed by atoms with Gasteiger partial charge in [-0.15, -0.1) is 0 Å². The number of aliphatic hydroxyl groups excluding tert-OH is 1. The molecule has 4 fully saturated rings. The van der Waals surface area contributed by atoms with Crippen LogP contribution in [0.2, 0.25) is 0 Å². The number of aliphatic hydroxyl groups is 1. The minimum atomic E-state index is -0.171. The molecule has 32 heavy (non-hydrogen) atoms. The Morgan fingerprint density at radius 3 is 2.12 bits per heavy atom. The van der Waals surface area contributed by atoms with Gasteiger partial charge in [-0.2, -0.15) is 0 Å². The van der Waals surface area contributed by atoms with E-state index in [-0.39, 0.29) is 27.1 Å². The second-order valence-electron chi connectivity index (χ2n) is 14.9. The minimum absolute atomic E-state index is 0.0946. The van der Waals surface area contributed by atoms with E-state index in [4.69, 9.17) is 0 Å². The summed E-state index contributed by atoms with van der Waals surface area (Å²) < 4.78 is 0. The molecule has 0 spiro atoms. The van der Waals surface area contributed by atoms with Crippen molar-refractivity contribution in [2.45, 2.75) is 113 Å². The van der Waals surface area contributed by atoms with Crippen LogP contribution >= 0.6 is 0 Å². The number of Topliss-reactive ketones (excluding diaryl/α,β-unsaturated/α-hetero) is 1. The molecule has 0 saturated heterocycles. The van der Waals surface area contributed by atoms with Gasteiger partial charge in [0, 0.05) is 23.9 Å². The number of rotatable bonds is 1. The molecule has 5 aliphatic rings. The van der Waals surface area contributed by atoms with Crippen LogP contribution in [0.1, 0.15) is 113 Å². The molecule has 0 radical (unpaired) electrons. The molecule has 7 atom stereocenters. The third-order valence-corrected chi connectivity index (χ3v) is 12.6. The first-order valence-corrected chi connectivity index (χ1v) is 13.6. The summed E-state index contributed by atoms with van der Waals surface area (Å²) in [5.74, 6) is 2.29. The summed E-state index contributed by atoms with van der Waals surface area (Å²) in [4.78, 5) is 12.9. The highest BCUT2D eigenvalue weighted by atomic mass is 16.3. The van der Waals surface area contributed by atoms with E-state index in [9.17, 15) is 9.90 Å². The fourth-order valence-electron chi connectivity index (χ4n) is 10.7. The topological polar surface area (TPSA) is 37.3 Å². The summed E-state index contributed by atoms with van der Waals surface area (Å²) in [6.07, 6.45) is 14.2. The van der Waals surface area contributed by atoms with Crippen molar-refractivity contribution in [1.82, 2.24) is 0 Å². The zero-order valence-electron chi connectivity index (χ0n) is 21.9. The number of ketones is 1. The Morgan fingerprint density at radius 2 is 1.47 bits per heavy atom. The molecule has 0 unspecified atom stereocenters. The number of carbonyl (C=O) groups is 1. The monoisotopic (exact) mass is 440 g/mol. The van der Waals surface area contributed by atoms with Gasteiger partial charge in [0.15, 0.2) is 0 Å². The predicted molar refractivity (Wildman–Crippen MR) is 131 cm³/mol. The maximum atomic E-state index is 12.9. The van der Waals surface area contributed by atoms with E-state index in [1.54, 1.807) is 5.57 Å². The van der Waals surface area contributed by atoms with Crippen molar-refractivity contribution >= 4 is 5.78 Å². The molecule has 0 aromatic carbocycles. The van der Waals surface area contributed by atoms with Crippen molar-refractivity contribution in [1.29, 1.82) is 0 Å². The lowest BCUT2D eigenvalue weighted by atomic mass is 9.35. The molecule has 1 N–H and O–H groups in total. The molecular formula is C30H48O2. The van der Waals surface area contributed by atoms with Crippen LogP contribution in [0.15, 0.2) is 11.6 Å². The highest BCUT2D eigenvalue weighted by Gasteiger charge is 2.67. The summed E-state index contributed by atoms with van der Waals surface area (Å²) in [6.45, 7) is 17.5. The van der Waals surface area contributed by atoms with Gasteiger partial charge in [0.05, 0.1) is 0 Å². The van der Waals surface area contributed by atoms with Crippen LogP contribution in [0.5, 0.6) is 0 Å². The lowest BCUT2D eigenvalue weighted by molar-refractivity contribution is -0.171. The van der Waals surface area contributed by atoms with Gasteiger partial charge in [-0.3, -0.25) is 4.79 Å². The molecule has 4 saturated carbocycles. The van der Waals surface area contributed by atoms with E-state index in [0.29, 0.717) is 35.6 Å². The van der Waals surface area contributed by atoms with Crippen LogP contribution in [-0.2, 0) is 4.79 Å². The first-order chi connectivity index (χ1) is 14.8. The largest absolute Gasteiger partial charge is 0.396 e. The van der Waals surface area contributed by atoms with E-state index in [1.807, 2.05) is 0 Å². The zero-order chi connectivity index (χ0) is 23.4. The van der Waals surface area contributed by atoms with E-state index in [2.05, 4.69) is 54.5 Å². The summed E-state index contributed by atoms with van der Waals surface area (Å²) in [5, 5.41) is 10.7. The molecule has 0 aromatic rings. The Morgan fingerprint density at radius 1 is 0.844 bits per heavy atom. The van der Waals surface area contributed by atoms with Gasteiger partial charge in [-0.1, -0.05) is 60.1 Å². The number of hydrogen-bond acceptors (Lipinski definition) is 2. The summed E-state index contributed by atoms with van der Waals surface area (Å²) in [6, 6.07) is 0. The fraction of sp³-hybridized carbons (Fsp3) is 0.900. The molecule has 0 bridgehead atoms. The molecular weight excluding hydrogens is 392 g/mol. The van der Waals surface area contributed by atoms with Crippen molar-refractivity contribution in [2.75, 3.05) is 6.61 Å². The highest BCUT2D eigenvalue weighted by Crippen LogP contribution is 2.74. The van der Waals surface area contributed by atoms with Crippen LogP contribution in [0.3, 0.4) is 0 Å². The van der Waals surface area contributed by atoms with Crippen molar-refractivity contribution in [3.05, 3.63) is 11.6 Å². The lowest BCUT2D eigenvalue weighted by Gasteiger charge is -2.69. The second kappa shape index (κ2) is 6.73. The maximum Gasteiger partial charge on any atom is 0.138 e. The molecule has 5 aliphatic carbocycles. The van der Waals surface area contributed by atoms with Gasteiger partial charge in [-0.25, -0.2) is 0 Å². The third kappa shape index (κ3) is 2.77. The standard InChI is InChI=1S/C30H48O2/c1-25(2)16-17-30(19-31)15-10-22-28(6)12-8-20-26(3,4)24(32)11-14-27(20,5)21(28)9-13-29(22,7)23(30)18-25/h10,20-21,23,31H,8-9,11-19H2,1-7H3/t20-,21+,23+,27+,28-,29-,30+/m1/s1. The van der Waals surface area contributed by atoms with Crippen molar-refractivity contribution in [2.24, 2.45) is 50.2 Å². The third-order valence-electron chi connectivity index (χ3n) is 12.6. The Hall–Kier alpha value is -0.630. The van der Waals surface area contributed by atoms with Crippen LogP contribution in [-0.4, -0.2) is 17.5 Å². The average Bonchev–Trinajstić information content (AvgIpc) is 2.71. The first-order valence-electron chi connectivity index (χ1n) is 13.6. The van der Waals surface area contributed by atoms with Crippen molar-refractivity contribution < 1.29 is 9.90 Å². The number of carbonyl (C=O) groups excluding carboxylic acids is 1. The molecule has 0 amide bonds. The van der Waals surface area contributed by atoms with Gasteiger partial charge in [0.2, 0.25) is 0 Å². The number of hydrogen-bond donors (Lipinski definition) is 1. The smallest absolute Gasteiger partial charge is 0.138 e. The quantitative estimate of drug-likeness (QED) is 0.433. The first kappa shape index (κ1) is 23.1. The fourth-order valence-corrected chi connectivity index (χ4v) is 10.7. The summed E-state index contributed by atoms with van der Waals surface area (Å²) in [7, 11) is 0.